The van der Waals surface area contributed by atoms with E-state index in [2.05, 4.69) is 15.1 Å². The van der Waals surface area contributed by atoms with Gasteiger partial charge >= 0.3 is 0 Å². The summed E-state index contributed by atoms with van der Waals surface area (Å²) >= 11 is 0. The van der Waals surface area contributed by atoms with Gasteiger partial charge in [0.2, 0.25) is 0 Å². The highest BCUT2D eigenvalue weighted by Gasteiger charge is 2.22. The molecule has 2 heterocycles. The topological polar surface area (TPSA) is 84.5 Å². The minimum absolute atomic E-state index is 0.0850. The van der Waals surface area contributed by atoms with Crippen molar-refractivity contribution in [3.05, 3.63) is 17.8 Å². The van der Waals surface area contributed by atoms with Crippen LogP contribution in [0.4, 0.5) is 5.82 Å². The summed E-state index contributed by atoms with van der Waals surface area (Å²) in [6.45, 7) is 2.76. The molecule has 0 aromatic carbocycles. The van der Waals surface area contributed by atoms with Crippen molar-refractivity contribution >= 4 is 5.82 Å². The lowest BCUT2D eigenvalue weighted by Gasteiger charge is -2.33. The number of nitrogens with two attached hydrogens (primary N) is 1. The van der Waals surface area contributed by atoms with Crippen LogP contribution in [-0.4, -0.2) is 47.7 Å². The van der Waals surface area contributed by atoms with Crippen LogP contribution in [0.1, 0.15) is 18.4 Å². The molecule has 1 saturated heterocycles. The molecule has 18 heavy (non-hydrogen) atoms. The molecule has 1 aliphatic heterocycles. The highest BCUT2D eigenvalue weighted by molar-refractivity contribution is 5.45. The van der Waals surface area contributed by atoms with E-state index in [4.69, 9.17) is 15.6 Å². The normalized spacial score (nSPS) is 17.1. The Bertz CT molecular complexity index is 367. The van der Waals surface area contributed by atoms with Gasteiger partial charge in [0.1, 0.15) is 0 Å². The highest BCUT2D eigenvalue weighted by Crippen LogP contribution is 2.21. The molecule has 0 unspecified atom stereocenters. The number of piperidine rings is 1. The van der Waals surface area contributed by atoms with Gasteiger partial charge in [-0.05, 0) is 18.9 Å². The summed E-state index contributed by atoms with van der Waals surface area (Å²) in [5.74, 6) is 0.889. The zero-order chi connectivity index (χ0) is 12.8. The minimum atomic E-state index is 0.0850. The third kappa shape index (κ3) is 3.16. The molecule has 0 aliphatic carbocycles. The maximum Gasteiger partial charge on any atom is 0.155 e. The Morgan fingerprint density at radius 3 is 2.89 bits per heavy atom. The van der Waals surface area contributed by atoms with E-state index in [1.165, 1.54) is 0 Å². The van der Waals surface area contributed by atoms with Crippen molar-refractivity contribution in [2.24, 2.45) is 5.73 Å². The van der Waals surface area contributed by atoms with Crippen LogP contribution in [0.5, 0.6) is 0 Å². The van der Waals surface area contributed by atoms with Crippen molar-refractivity contribution < 1.29 is 9.84 Å². The fourth-order valence-electron chi connectivity index (χ4n) is 2.23. The number of rotatable bonds is 5. The lowest BCUT2D eigenvalue weighted by atomic mass is 10.1. The van der Waals surface area contributed by atoms with Crippen molar-refractivity contribution in [2.75, 3.05) is 31.2 Å². The molecule has 0 radical (unpaired) electrons. The van der Waals surface area contributed by atoms with Gasteiger partial charge in [0.25, 0.3) is 0 Å². The van der Waals surface area contributed by atoms with Gasteiger partial charge in [-0.3, -0.25) is 0 Å². The van der Waals surface area contributed by atoms with E-state index in [-0.39, 0.29) is 12.7 Å². The molecule has 0 atom stereocenters. The van der Waals surface area contributed by atoms with Gasteiger partial charge in [0.05, 0.1) is 25.5 Å². The van der Waals surface area contributed by atoms with Crippen LogP contribution in [0, 0.1) is 0 Å². The number of aliphatic hydroxyl groups excluding tert-OH is 1. The number of anilines is 1. The van der Waals surface area contributed by atoms with Crippen LogP contribution in [0.3, 0.4) is 0 Å². The average Bonchev–Trinajstić information content (AvgIpc) is 2.45. The van der Waals surface area contributed by atoms with Crippen LogP contribution in [0.25, 0.3) is 0 Å². The summed E-state index contributed by atoms with van der Waals surface area (Å²) < 4.78 is 5.54. The predicted octanol–water partition coefficient (Wildman–Crippen LogP) is -0.0870. The fourth-order valence-corrected chi connectivity index (χ4v) is 2.23. The van der Waals surface area contributed by atoms with Crippen molar-refractivity contribution in [1.29, 1.82) is 0 Å². The highest BCUT2D eigenvalue weighted by atomic mass is 16.5. The molecule has 1 aromatic heterocycles. The van der Waals surface area contributed by atoms with E-state index in [0.717, 1.165) is 37.3 Å². The molecule has 0 amide bonds. The van der Waals surface area contributed by atoms with Gasteiger partial charge in [0, 0.05) is 25.2 Å². The molecule has 0 saturated carbocycles. The summed E-state index contributed by atoms with van der Waals surface area (Å²) in [5.41, 5.74) is 6.73. The smallest absolute Gasteiger partial charge is 0.155 e. The van der Waals surface area contributed by atoms with Gasteiger partial charge in [0.15, 0.2) is 5.82 Å². The SMILES string of the molecule is NCc1ccnnc1N1CCC(OCCO)CC1. The molecule has 1 aliphatic rings. The molecule has 6 nitrogen and oxygen atoms in total. The molecule has 6 heteroatoms. The van der Waals surface area contributed by atoms with E-state index in [9.17, 15) is 0 Å². The minimum Gasteiger partial charge on any atom is -0.394 e. The Balaban J connectivity index is 1.92. The van der Waals surface area contributed by atoms with E-state index in [1.807, 2.05) is 6.07 Å². The first-order valence-corrected chi connectivity index (χ1v) is 6.33. The van der Waals surface area contributed by atoms with Crippen LogP contribution >= 0.6 is 0 Å². The summed E-state index contributed by atoms with van der Waals surface area (Å²) in [5, 5.41) is 16.8. The van der Waals surface area contributed by atoms with Crippen LogP contribution in [0.15, 0.2) is 12.3 Å². The molecule has 100 valence electrons. The number of aliphatic hydroxyl groups is 1. The Hall–Kier alpha value is -1.24. The molecule has 3 N–H and O–H groups in total. The Kier molecular flexibility index (Phi) is 4.86. The first-order valence-electron chi connectivity index (χ1n) is 6.33. The van der Waals surface area contributed by atoms with Crippen LogP contribution in [-0.2, 0) is 11.3 Å². The van der Waals surface area contributed by atoms with Gasteiger partial charge in [-0.1, -0.05) is 0 Å². The van der Waals surface area contributed by atoms with Crippen molar-refractivity contribution in [3.63, 3.8) is 0 Å². The van der Waals surface area contributed by atoms with Crippen molar-refractivity contribution in [3.8, 4) is 0 Å². The maximum absolute atomic E-state index is 8.73. The number of nitrogens with zero attached hydrogens (tertiary/aromatic N) is 3. The Labute approximate surface area is 107 Å². The van der Waals surface area contributed by atoms with Gasteiger partial charge in [-0.25, -0.2) is 0 Å². The van der Waals surface area contributed by atoms with Crippen LogP contribution < -0.4 is 10.6 Å². The summed E-state index contributed by atoms with van der Waals surface area (Å²) in [7, 11) is 0. The molecule has 1 aromatic rings. The third-order valence-electron chi connectivity index (χ3n) is 3.19. The Morgan fingerprint density at radius 2 is 2.22 bits per heavy atom. The van der Waals surface area contributed by atoms with E-state index in [1.54, 1.807) is 6.20 Å². The molecule has 1 fully saturated rings. The van der Waals surface area contributed by atoms with Gasteiger partial charge < -0.3 is 20.5 Å². The van der Waals surface area contributed by atoms with Crippen molar-refractivity contribution in [2.45, 2.75) is 25.5 Å². The number of hydrogen-bond donors (Lipinski definition) is 2. The van der Waals surface area contributed by atoms with Crippen LogP contribution in [0.2, 0.25) is 0 Å². The Morgan fingerprint density at radius 1 is 1.44 bits per heavy atom. The zero-order valence-corrected chi connectivity index (χ0v) is 10.5. The first kappa shape index (κ1) is 13.2. The largest absolute Gasteiger partial charge is 0.394 e. The van der Waals surface area contributed by atoms with Gasteiger partial charge in [-0.2, -0.15) is 5.10 Å². The van der Waals surface area contributed by atoms with E-state index in [0.29, 0.717) is 13.2 Å². The molecule has 0 spiro atoms. The number of ether oxygens (including phenoxy) is 1. The number of hydrogen-bond acceptors (Lipinski definition) is 6. The molecule has 0 bridgehead atoms. The monoisotopic (exact) mass is 252 g/mol. The zero-order valence-electron chi connectivity index (χ0n) is 10.5. The molecular formula is C12H20N4O2. The fraction of sp³-hybridized carbons (Fsp3) is 0.667. The quantitative estimate of drug-likeness (QED) is 0.762. The van der Waals surface area contributed by atoms with Gasteiger partial charge in [-0.15, -0.1) is 5.10 Å². The first-order chi connectivity index (χ1) is 8.85. The lowest BCUT2D eigenvalue weighted by molar-refractivity contribution is 0.0158. The molecule has 2 rings (SSSR count). The summed E-state index contributed by atoms with van der Waals surface area (Å²) in [6.07, 6.45) is 3.80. The van der Waals surface area contributed by atoms with E-state index < -0.39 is 0 Å². The maximum atomic E-state index is 8.73. The molecular weight excluding hydrogens is 232 g/mol. The second kappa shape index (κ2) is 6.63. The third-order valence-corrected chi connectivity index (χ3v) is 3.19. The second-order valence-electron chi connectivity index (χ2n) is 4.36. The lowest BCUT2D eigenvalue weighted by Crippen LogP contribution is -2.38. The predicted molar refractivity (Wildman–Crippen MR) is 68.2 cm³/mol. The van der Waals surface area contributed by atoms with E-state index >= 15 is 0 Å². The summed E-state index contributed by atoms with van der Waals surface area (Å²) in [6, 6.07) is 1.91. The average molecular weight is 252 g/mol. The second-order valence-corrected chi connectivity index (χ2v) is 4.36. The number of aromatic nitrogens is 2. The van der Waals surface area contributed by atoms with Crippen molar-refractivity contribution in [1.82, 2.24) is 10.2 Å². The standard InChI is InChI=1S/C12H20N4O2/c13-9-10-1-4-14-15-12(10)16-5-2-11(3-6-16)18-8-7-17/h1,4,11,17H,2-3,5-9,13H2. The summed E-state index contributed by atoms with van der Waals surface area (Å²) in [4.78, 5) is 2.20.